The number of carboxylic acid groups (broad SMARTS) is 4. The zero-order chi connectivity index (χ0) is 92.6. The van der Waals surface area contributed by atoms with Crippen molar-refractivity contribution in [3.05, 3.63) is 287 Å². The summed E-state index contributed by atoms with van der Waals surface area (Å²) in [5.41, 5.74) is 1.44. The molecule has 0 heterocycles. The first-order valence-electron chi connectivity index (χ1n) is 38.4. The van der Waals surface area contributed by atoms with Gasteiger partial charge in [0.25, 0.3) is 46.3 Å². The minimum absolute atomic E-state index is 0. The number of esters is 4. The van der Waals surface area contributed by atoms with E-state index in [9.17, 15) is 76.7 Å². The van der Waals surface area contributed by atoms with Crippen LogP contribution in [0.4, 0.5) is 0 Å². The van der Waals surface area contributed by atoms with Crippen LogP contribution in [0, 0.1) is 0 Å². The Bertz CT molecular complexity index is 4250. The zero-order valence-electron chi connectivity index (χ0n) is 71.9. The van der Waals surface area contributed by atoms with Crippen LogP contribution in [-0.4, -0.2) is 218 Å². The number of aliphatic carboxylic acids is 4. The van der Waals surface area contributed by atoms with Crippen molar-refractivity contribution >= 4 is 146 Å². The Labute approximate surface area is 789 Å². The Morgan fingerprint density at radius 1 is 0.270 bits per heavy atom. The fraction of sp³-hybridized carbons (Fsp3) is 0.273. The Kier molecular flexibility index (Phi) is 54.4. The number of carboxylic acids is 4. The fourth-order valence-electron chi connectivity index (χ4n) is 10.9. The Morgan fingerprint density at radius 2 is 0.437 bits per heavy atom. The van der Waals surface area contributed by atoms with E-state index in [2.05, 4.69) is 65.5 Å². The summed E-state index contributed by atoms with van der Waals surface area (Å²) in [6, 6.07) is 64.6. The van der Waals surface area contributed by atoms with Crippen molar-refractivity contribution in [3.63, 3.8) is 0 Å². The third-order valence-electron chi connectivity index (χ3n) is 15.9. The van der Waals surface area contributed by atoms with Gasteiger partial charge in [0.15, 0.2) is 34.7 Å². The van der Waals surface area contributed by atoms with Gasteiger partial charge >= 0.3 is 64.9 Å². The molecule has 0 bridgehead atoms. The molecule has 0 spiro atoms. The van der Waals surface area contributed by atoms with Gasteiger partial charge in [0.05, 0.1) is 0 Å². The van der Waals surface area contributed by atoms with Crippen LogP contribution >= 0.6 is 0 Å². The van der Waals surface area contributed by atoms with E-state index < -0.39 is 184 Å². The number of ketones is 8. The maximum Gasteiger partial charge on any atom is 0.379 e. The van der Waals surface area contributed by atoms with Crippen molar-refractivity contribution in [2.24, 2.45) is 0 Å². The van der Waals surface area contributed by atoms with Gasteiger partial charge in [-0.3, -0.25) is 38.4 Å². The molecule has 0 aliphatic heterocycles. The molecular weight excluding hydrogens is 1880 g/mol. The molecule has 664 valence electrons. The van der Waals surface area contributed by atoms with Crippen LogP contribution in [0.15, 0.2) is 243 Å². The molecule has 4 radical (unpaired) electrons. The van der Waals surface area contributed by atoms with Gasteiger partial charge in [0.2, 0.25) is 0 Å². The number of hydrogen-bond acceptors (Lipinski definition) is 26. The maximum atomic E-state index is 12.6. The number of hydrogen-bond donors (Lipinski definition) is 4. The molecule has 0 fully saturated rings. The van der Waals surface area contributed by atoms with Gasteiger partial charge in [0.1, 0.15) is 38.6 Å². The van der Waals surface area contributed by atoms with E-state index in [1.807, 2.05) is 13.1 Å². The van der Waals surface area contributed by atoms with Gasteiger partial charge in [-0.25, -0.2) is 38.4 Å². The number of Topliss-reactive ketones (excluding diaryl/α,β-unsaturated/α-hetero) is 8. The molecule has 8 aromatic carbocycles. The summed E-state index contributed by atoms with van der Waals surface area (Å²) in [5, 5.41) is 33.1. The fourth-order valence-corrected chi connectivity index (χ4v) is 33.3. The molecule has 8 aromatic rings. The normalized spacial score (nSPS) is 10.7. The van der Waals surface area contributed by atoms with Crippen LogP contribution in [0.1, 0.15) is 95.7 Å². The van der Waals surface area contributed by atoms with Crippen molar-refractivity contribution in [3.8, 4) is 0 Å². The standard InChI is InChI=1S/C50H60O16Si3.4C8H6O3.C6H18O2Si3.2Y/c1-67(2,31-19-29-59-41(33-61-47(55)43(51)37-21-11-7-12-22-37)34-62-48(56)44(52)38-23-13-8-14-24-38)65-69(5,6)66-68(3,4)32-20-30-60-42(35-63-49(57)45(53)39-25-15-9-16-26-39)36-64-50(58)46(54)40-27-17-10-18-28-40;4*9-7(8(10)11)6-4-2-1-3-5-6;1-9(2)7-11(5,6)8-10(3)4;;/h7-18,21-28,41-42H,19-20,29-36H2,1-6H3;4*1-5H,(H,10,11);1-6H3;;. The molecule has 0 amide bonds. The van der Waals surface area contributed by atoms with E-state index in [1.54, 1.807) is 146 Å². The molecule has 0 aromatic heterocycles. The second kappa shape index (κ2) is 60.0. The number of ether oxygens (including phenoxy) is 6. The average molecular weight is 1990 g/mol. The molecule has 0 saturated carbocycles. The van der Waals surface area contributed by atoms with E-state index in [4.69, 9.17) is 65.3 Å². The van der Waals surface area contributed by atoms with Crippen LogP contribution in [0.5, 0.6) is 0 Å². The molecule has 126 heavy (non-hydrogen) atoms. The molecule has 0 saturated heterocycles. The first kappa shape index (κ1) is 114. The largest absolute Gasteiger partial charge is 0.475 e. The smallest absolute Gasteiger partial charge is 0.379 e. The van der Waals surface area contributed by atoms with Crippen molar-refractivity contribution < 1.29 is 207 Å². The summed E-state index contributed by atoms with van der Waals surface area (Å²) >= 11 is 0. The van der Waals surface area contributed by atoms with Crippen LogP contribution in [0.3, 0.4) is 0 Å². The number of rotatable bonds is 42. The minimum Gasteiger partial charge on any atom is -0.475 e. The maximum absolute atomic E-state index is 12.6. The van der Waals surface area contributed by atoms with Gasteiger partial charge in [-0.2, -0.15) is 0 Å². The summed E-state index contributed by atoms with van der Waals surface area (Å²) in [6.45, 7) is 23.8. The van der Waals surface area contributed by atoms with Crippen LogP contribution in [0.25, 0.3) is 0 Å². The summed E-state index contributed by atoms with van der Waals surface area (Å²) < 4.78 is 58.1. The summed E-state index contributed by atoms with van der Waals surface area (Å²) in [5.74, 6) is -17.0. The van der Waals surface area contributed by atoms with Gasteiger partial charge in [-0.05, 0) is 103 Å². The van der Waals surface area contributed by atoms with Crippen LogP contribution in [0.2, 0.25) is 90.7 Å². The van der Waals surface area contributed by atoms with E-state index in [1.165, 1.54) is 97.1 Å². The second-order valence-corrected chi connectivity index (χ2v) is 49.4. The third-order valence-corrected chi connectivity index (χ3v) is 34.6. The molecule has 0 aliphatic carbocycles. The van der Waals surface area contributed by atoms with E-state index in [-0.39, 0.29) is 123 Å². The van der Waals surface area contributed by atoms with Crippen molar-refractivity contribution in [2.45, 2.75) is 116 Å². The average Bonchev–Trinajstić information content (AvgIpc) is 0.840. The number of carbonyl (C=O) groups excluding carboxylic acids is 12. The summed E-state index contributed by atoms with van der Waals surface area (Å²) in [6.07, 6.45) is -0.903. The first-order chi connectivity index (χ1) is 58.4. The van der Waals surface area contributed by atoms with Gasteiger partial charge in [0, 0.05) is 123 Å². The summed E-state index contributed by atoms with van der Waals surface area (Å²) in [4.78, 5) is 184. The van der Waals surface area contributed by atoms with Crippen molar-refractivity contribution in [2.75, 3.05) is 39.6 Å². The second-order valence-electron chi connectivity index (χ2n) is 28.9. The van der Waals surface area contributed by atoms with Crippen LogP contribution in [-0.2, 0) is 149 Å². The van der Waals surface area contributed by atoms with E-state index >= 15 is 0 Å². The van der Waals surface area contributed by atoms with Gasteiger partial charge < -0.3 is 65.3 Å². The Balaban J connectivity index is 0.00000109. The molecule has 4 N–H and O–H groups in total. The molecule has 0 unspecified atom stereocenters. The van der Waals surface area contributed by atoms with Gasteiger partial charge in [-0.1, -0.05) is 243 Å². The molecule has 38 heteroatoms. The van der Waals surface area contributed by atoms with Gasteiger partial charge in [-0.15, -0.1) is 0 Å². The SMILES string of the molecule is C[Si](C)(CCCOC(COC(=O)C(=O)c1ccccc1)COC(=O)C(=O)c1ccccc1)O[Si](C)(C)O[Si](C)(C)CCCOC(COC(=O)C(=O)c1ccccc1)COC(=O)C(=O)c1ccccc1.C[Si](C)O[Si](C)(C)O[Si](C)C.O=C(O)C(=O)c1ccccc1.O=C(O)C(=O)c1ccccc1.O=C(O)C(=O)c1ccccc1.O=C(O)C(=O)c1ccccc1.[Y].[Y]. The predicted octanol–water partition coefficient (Wildman–Crippen LogP) is 13.4. The van der Waals surface area contributed by atoms with E-state index in [0.717, 1.165) is 0 Å². The van der Waals surface area contributed by atoms with Crippen molar-refractivity contribution in [1.29, 1.82) is 0 Å². The first-order valence-corrected chi connectivity index (χ1v) is 55.1. The zero-order valence-corrected chi connectivity index (χ0v) is 83.6. The van der Waals surface area contributed by atoms with E-state index in [0.29, 0.717) is 24.9 Å². The Morgan fingerprint density at radius 3 is 0.595 bits per heavy atom. The molecule has 30 nitrogen and oxygen atoms in total. The number of benzene rings is 8. The van der Waals surface area contributed by atoms with Crippen molar-refractivity contribution in [1.82, 2.24) is 0 Å². The Hall–Kier alpha value is -9.85. The number of carbonyl (C=O) groups is 16. The monoisotopic (exact) mass is 1980 g/mol. The molecule has 8 rings (SSSR count). The summed E-state index contributed by atoms with van der Waals surface area (Å²) in [7, 11) is -10.4. The predicted molar refractivity (Wildman–Crippen MR) is 468 cm³/mol. The molecular formula is C88H102O30Si6Y2. The third kappa shape index (κ3) is 47.1. The quantitative estimate of drug-likeness (QED) is 0.00689. The minimum atomic E-state index is -2.71. The molecule has 0 aliphatic rings. The topological polar surface area (TPSA) is 446 Å². The van der Waals surface area contributed by atoms with Crippen LogP contribution < -0.4 is 0 Å². The molecule has 0 atom stereocenters.